The molecule has 1 aromatic rings. The third kappa shape index (κ3) is 3.11. The molecule has 0 aliphatic carbocycles. The summed E-state index contributed by atoms with van der Waals surface area (Å²) in [6, 6.07) is 3.72. The molecule has 0 amide bonds. The minimum absolute atomic E-state index is 0.569. The highest BCUT2D eigenvalue weighted by molar-refractivity contribution is 5.77. The first-order valence-electron chi connectivity index (χ1n) is 3.98. The molecule has 1 aromatic heterocycles. The van der Waals surface area contributed by atoms with Crippen molar-refractivity contribution in [2.24, 2.45) is 10.7 Å². The molecule has 0 fully saturated rings. The fourth-order valence-corrected chi connectivity index (χ4v) is 0.841. The van der Waals surface area contributed by atoms with Crippen molar-refractivity contribution in [1.82, 2.24) is 4.98 Å². The van der Waals surface area contributed by atoms with E-state index in [1.54, 1.807) is 26.3 Å². The largest absolute Gasteiger partial charge is 0.481 e. The summed E-state index contributed by atoms with van der Waals surface area (Å²) < 4.78 is 4.92. The summed E-state index contributed by atoms with van der Waals surface area (Å²) >= 11 is 0. The first kappa shape index (κ1) is 9.51. The Morgan fingerprint density at radius 1 is 1.62 bits per heavy atom. The average molecular weight is 179 g/mol. The molecular weight excluding hydrogens is 166 g/mol. The zero-order valence-corrected chi connectivity index (χ0v) is 7.82. The quantitative estimate of drug-likeness (QED) is 0.555. The van der Waals surface area contributed by atoms with Gasteiger partial charge in [-0.15, -0.1) is 0 Å². The van der Waals surface area contributed by atoms with Gasteiger partial charge in [0.25, 0.3) is 0 Å². The number of nitrogens with two attached hydrogens (primary N) is 1. The summed E-state index contributed by atoms with van der Waals surface area (Å²) in [6.07, 6.45) is 1.73. The maximum atomic E-state index is 5.40. The van der Waals surface area contributed by atoms with Gasteiger partial charge in [0.15, 0.2) is 0 Å². The standard InChI is InChI=1S/C9H13N3O/c1-7(10)11-5-8-3-4-9(13-2)12-6-8/h3-4,6H,5H2,1-2H3,(H2,10,11). The molecule has 70 valence electrons. The third-order valence-corrected chi connectivity index (χ3v) is 1.52. The minimum Gasteiger partial charge on any atom is -0.481 e. The van der Waals surface area contributed by atoms with Gasteiger partial charge in [-0.3, -0.25) is 4.99 Å². The van der Waals surface area contributed by atoms with Gasteiger partial charge in [0.1, 0.15) is 0 Å². The summed E-state index contributed by atoms with van der Waals surface area (Å²) in [4.78, 5) is 8.11. The van der Waals surface area contributed by atoms with Crippen LogP contribution in [0, 0.1) is 0 Å². The number of pyridine rings is 1. The lowest BCUT2D eigenvalue weighted by Gasteiger charge is -1.99. The summed E-state index contributed by atoms with van der Waals surface area (Å²) in [6.45, 7) is 2.33. The highest BCUT2D eigenvalue weighted by Crippen LogP contribution is 2.07. The predicted octanol–water partition coefficient (Wildman–Crippen LogP) is 0.967. The maximum Gasteiger partial charge on any atom is 0.212 e. The van der Waals surface area contributed by atoms with Crippen molar-refractivity contribution in [3.63, 3.8) is 0 Å². The Kier molecular flexibility index (Phi) is 3.25. The molecule has 0 spiro atoms. The van der Waals surface area contributed by atoms with Crippen LogP contribution in [0.3, 0.4) is 0 Å². The van der Waals surface area contributed by atoms with E-state index in [2.05, 4.69) is 9.98 Å². The van der Waals surface area contributed by atoms with Crippen molar-refractivity contribution in [3.05, 3.63) is 23.9 Å². The molecule has 4 nitrogen and oxygen atoms in total. The molecule has 0 bridgehead atoms. The van der Waals surface area contributed by atoms with Gasteiger partial charge >= 0.3 is 0 Å². The maximum absolute atomic E-state index is 5.40. The number of methoxy groups -OCH3 is 1. The van der Waals surface area contributed by atoms with Gasteiger partial charge in [-0.1, -0.05) is 6.07 Å². The van der Waals surface area contributed by atoms with Crippen LogP contribution in [0.5, 0.6) is 5.88 Å². The van der Waals surface area contributed by atoms with Crippen molar-refractivity contribution in [2.45, 2.75) is 13.5 Å². The van der Waals surface area contributed by atoms with Crippen molar-refractivity contribution >= 4 is 5.84 Å². The average Bonchev–Trinajstić information content (AvgIpc) is 2.15. The number of rotatable bonds is 3. The highest BCUT2D eigenvalue weighted by Gasteiger charge is 1.93. The van der Waals surface area contributed by atoms with E-state index in [0.717, 1.165) is 5.56 Å². The van der Waals surface area contributed by atoms with Gasteiger partial charge in [-0.05, 0) is 12.5 Å². The Balaban J connectivity index is 2.64. The molecular formula is C9H13N3O. The van der Waals surface area contributed by atoms with Crippen LogP contribution in [0.15, 0.2) is 23.3 Å². The Bertz CT molecular complexity index is 288. The van der Waals surface area contributed by atoms with E-state index >= 15 is 0 Å². The molecule has 2 N–H and O–H groups in total. The van der Waals surface area contributed by atoms with Crippen LogP contribution >= 0.6 is 0 Å². The third-order valence-electron chi connectivity index (χ3n) is 1.52. The van der Waals surface area contributed by atoms with Crippen LogP contribution in [-0.2, 0) is 6.54 Å². The lowest BCUT2D eigenvalue weighted by molar-refractivity contribution is 0.397. The summed E-state index contributed by atoms with van der Waals surface area (Å²) in [7, 11) is 1.59. The van der Waals surface area contributed by atoms with E-state index in [4.69, 9.17) is 10.5 Å². The molecule has 0 radical (unpaired) electrons. The van der Waals surface area contributed by atoms with E-state index in [1.807, 2.05) is 6.07 Å². The van der Waals surface area contributed by atoms with E-state index in [9.17, 15) is 0 Å². The monoisotopic (exact) mass is 179 g/mol. The lowest BCUT2D eigenvalue weighted by Crippen LogP contribution is -2.05. The number of hydrogen-bond donors (Lipinski definition) is 1. The summed E-state index contributed by atoms with van der Waals surface area (Å²) in [5.74, 6) is 1.19. The second-order valence-corrected chi connectivity index (χ2v) is 2.67. The van der Waals surface area contributed by atoms with Gasteiger partial charge in [0, 0.05) is 12.3 Å². The number of aliphatic imine (C=N–C) groups is 1. The topological polar surface area (TPSA) is 60.5 Å². The molecule has 0 aliphatic rings. The SMILES string of the molecule is COc1ccc(CN=C(C)N)cn1. The number of amidine groups is 1. The molecule has 0 aliphatic heterocycles. The number of nitrogens with zero attached hydrogens (tertiary/aromatic N) is 2. The second kappa shape index (κ2) is 4.45. The van der Waals surface area contributed by atoms with Crippen molar-refractivity contribution < 1.29 is 4.74 Å². The Hall–Kier alpha value is -1.58. The lowest BCUT2D eigenvalue weighted by atomic mass is 10.3. The number of aromatic nitrogens is 1. The van der Waals surface area contributed by atoms with E-state index in [0.29, 0.717) is 18.3 Å². The second-order valence-electron chi connectivity index (χ2n) is 2.67. The van der Waals surface area contributed by atoms with Gasteiger partial charge in [0.2, 0.25) is 5.88 Å². The van der Waals surface area contributed by atoms with Crippen LogP contribution < -0.4 is 10.5 Å². The normalized spacial score (nSPS) is 11.4. The van der Waals surface area contributed by atoms with E-state index in [1.165, 1.54) is 0 Å². The Labute approximate surface area is 77.5 Å². The van der Waals surface area contributed by atoms with Gasteiger partial charge in [0.05, 0.1) is 19.5 Å². The van der Waals surface area contributed by atoms with Crippen molar-refractivity contribution in [1.29, 1.82) is 0 Å². The van der Waals surface area contributed by atoms with Gasteiger partial charge in [-0.2, -0.15) is 0 Å². The molecule has 1 rings (SSSR count). The van der Waals surface area contributed by atoms with Crippen molar-refractivity contribution in [2.75, 3.05) is 7.11 Å². The zero-order chi connectivity index (χ0) is 9.68. The molecule has 0 atom stereocenters. The van der Waals surface area contributed by atoms with Gasteiger partial charge < -0.3 is 10.5 Å². The van der Waals surface area contributed by atoms with E-state index in [-0.39, 0.29) is 0 Å². The number of ether oxygens (including phenoxy) is 1. The first-order chi connectivity index (χ1) is 6.22. The molecule has 0 aromatic carbocycles. The van der Waals surface area contributed by atoms with Crippen LogP contribution in [0.4, 0.5) is 0 Å². The van der Waals surface area contributed by atoms with Crippen molar-refractivity contribution in [3.8, 4) is 5.88 Å². The molecule has 0 saturated heterocycles. The molecule has 1 heterocycles. The first-order valence-corrected chi connectivity index (χ1v) is 3.98. The Morgan fingerprint density at radius 3 is 2.85 bits per heavy atom. The minimum atomic E-state index is 0.569. The molecule has 4 heteroatoms. The molecule has 13 heavy (non-hydrogen) atoms. The van der Waals surface area contributed by atoms with Crippen LogP contribution in [0.1, 0.15) is 12.5 Å². The summed E-state index contributed by atoms with van der Waals surface area (Å²) in [5, 5.41) is 0. The fourth-order valence-electron chi connectivity index (χ4n) is 0.841. The van der Waals surface area contributed by atoms with Crippen LogP contribution in [-0.4, -0.2) is 17.9 Å². The highest BCUT2D eigenvalue weighted by atomic mass is 16.5. The van der Waals surface area contributed by atoms with Crippen LogP contribution in [0.25, 0.3) is 0 Å². The smallest absolute Gasteiger partial charge is 0.212 e. The predicted molar refractivity (Wildman–Crippen MR) is 51.8 cm³/mol. The van der Waals surface area contributed by atoms with E-state index < -0.39 is 0 Å². The Morgan fingerprint density at radius 2 is 2.38 bits per heavy atom. The summed E-state index contributed by atoms with van der Waals surface area (Å²) in [5.41, 5.74) is 6.42. The molecule has 0 unspecified atom stereocenters. The zero-order valence-electron chi connectivity index (χ0n) is 7.82. The fraction of sp³-hybridized carbons (Fsp3) is 0.333. The number of hydrogen-bond acceptors (Lipinski definition) is 3. The van der Waals surface area contributed by atoms with Gasteiger partial charge in [-0.25, -0.2) is 4.98 Å². The molecule has 0 saturated carbocycles. The van der Waals surface area contributed by atoms with Crippen LogP contribution in [0.2, 0.25) is 0 Å².